The number of thiophene rings is 1. The Kier molecular flexibility index (Phi) is 5.65. The van der Waals surface area contributed by atoms with Crippen LogP contribution in [-0.2, 0) is 19.1 Å². The second-order valence-electron chi connectivity index (χ2n) is 13.6. The average Bonchev–Trinajstić information content (AvgIpc) is 3.44. The van der Waals surface area contributed by atoms with Gasteiger partial charge in [0.2, 0.25) is 0 Å². The molecule has 6 rings (SSSR count). The summed E-state index contributed by atoms with van der Waals surface area (Å²) in [5.41, 5.74) is -1.45. The molecule has 0 bridgehead atoms. The van der Waals surface area contributed by atoms with Gasteiger partial charge in [-0.3, -0.25) is 9.59 Å². The van der Waals surface area contributed by atoms with Crippen LogP contribution in [0.4, 0.5) is 4.39 Å². The molecule has 200 valence electrons. The fourth-order valence-corrected chi connectivity index (χ4v) is 9.50. The lowest BCUT2D eigenvalue weighted by Crippen LogP contribution is -2.63. The highest BCUT2D eigenvalue weighted by molar-refractivity contribution is 7.10. The van der Waals surface area contributed by atoms with E-state index in [-0.39, 0.29) is 46.0 Å². The molecule has 3 saturated carbocycles. The smallest absolute Gasteiger partial charge is 0.197 e. The van der Waals surface area contributed by atoms with Crippen molar-refractivity contribution in [3.8, 4) is 0 Å². The topological polar surface area (TPSA) is 72.8 Å². The Morgan fingerprint density at radius 2 is 2.05 bits per heavy atom. The van der Waals surface area contributed by atoms with Gasteiger partial charge < -0.3 is 14.6 Å². The zero-order chi connectivity index (χ0) is 26.5. The highest BCUT2D eigenvalue weighted by Gasteiger charge is 2.76. The van der Waals surface area contributed by atoms with Gasteiger partial charge in [0.1, 0.15) is 5.82 Å². The van der Waals surface area contributed by atoms with Gasteiger partial charge in [-0.05, 0) is 66.5 Å². The van der Waals surface area contributed by atoms with Crippen LogP contribution in [0.15, 0.2) is 35.2 Å². The summed E-state index contributed by atoms with van der Waals surface area (Å²) in [6.45, 7) is 10.4. The van der Waals surface area contributed by atoms with Crippen molar-refractivity contribution < 1.29 is 28.6 Å². The van der Waals surface area contributed by atoms with E-state index in [9.17, 15) is 19.1 Å². The highest BCUT2D eigenvalue weighted by atomic mass is 32.1. The Morgan fingerprint density at radius 3 is 2.73 bits per heavy atom. The molecular weight excluding hydrogens is 491 g/mol. The van der Waals surface area contributed by atoms with Gasteiger partial charge in [-0.15, -0.1) is 11.3 Å². The fourth-order valence-electron chi connectivity index (χ4n) is 8.77. The molecule has 37 heavy (non-hydrogen) atoms. The predicted molar refractivity (Wildman–Crippen MR) is 138 cm³/mol. The largest absolute Gasteiger partial charge is 0.393 e. The summed E-state index contributed by atoms with van der Waals surface area (Å²) in [6, 6.07) is 1.40. The van der Waals surface area contributed by atoms with Crippen molar-refractivity contribution in [3.05, 3.63) is 45.9 Å². The molecule has 1 aromatic rings. The number of carbonyl (C=O) groups is 2. The van der Waals surface area contributed by atoms with Gasteiger partial charge in [-0.25, -0.2) is 4.39 Å². The number of ketones is 2. The first-order valence-corrected chi connectivity index (χ1v) is 14.4. The van der Waals surface area contributed by atoms with Crippen molar-refractivity contribution in [1.82, 2.24) is 0 Å². The van der Waals surface area contributed by atoms with E-state index < -0.39 is 29.5 Å². The van der Waals surface area contributed by atoms with Crippen molar-refractivity contribution in [2.24, 2.45) is 34.0 Å². The van der Waals surface area contributed by atoms with E-state index in [2.05, 4.69) is 13.8 Å². The second-order valence-corrected chi connectivity index (χ2v) is 14.5. The number of allylic oxidation sites excluding steroid dienone is 4. The van der Waals surface area contributed by atoms with E-state index in [4.69, 9.17) is 9.47 Å². The summed E-state index contributed by atoms with van der Waals surface area (Å²) in [4.78, 5) is 26.8. The number of aliphatic hydroxyl groups excluding tert-OH is 1. The van der Waals surface area contributed by atoms with Crippen molar-refractivity contribution in [2.45, 2.75) is 90.8 Å². The minimum absolute atomic E-state index is 0.00845. The van der Waals surface area contributed by atoms with Crippen LogP contribution in [0.2, 0.25) is 0 Å². The first kappa shape index (κ1) is 25.6. The monoisotopic (exact) mass is 528 g/mol. The lowest BCUT2D eigenvalue weighted by molar-refractivity contribution is -0.200. The van der Waals surface area contributed by atoms with Crippen LogP contribution in [0.1, 0.15) is 77.9 Å². The zero-order valence-corrected chi connectivity index (χ0v) is 23.1. The normalized spacial score (nSPS) is 44.6. The average molecular weight is 529 g/mol. The van der Waals surface area contributed by atoms with E-state index in [1.807, 2.05) is 26.8 Å². The van der Waals surface area contributed by atoms with Gasteiger partial charge in [0.15, 0.2) is 23.5 Å². The SMILES string of the molecule is CC(C)(C)CC(=O)[C@@]12O[C@H](c3sccc3F)O[C@@H]1C[C@H]1[C@@H]3CCC4=CC(=O)C=C[C@]4(C)[C@H]3[C@@H](O)C[C@@]12C. The summed E-state index contributed by atoms with van der Waals surface area (Å²) >= 11 is 1.24. The van der Waals surface area contributed by atoms with Crippen LogP contribution < -0.4 is 0 Å². The first-order chi connectivity index (χ1) is 17.3. The number of carbonyl (C=O) groups excluding carboxylic acids is 2. The maximum atomic E-state index is 14.6. The molecule has 0 spiro atoms. The van der Waals surface area contributed by atoms with E-state index in [0.717, 1.165) is 18.4 Å². The molecular formula is C30H37FO5S. The van der Waals surface area contributed by atoms with Gasteiger partial charge >= 0.3 is 0 Å². The zero-order valence-electron chi connectivity index (χ0n) is 22.3. The molecule has 5 nitrogen and oxygen atoms in total. The molecule has 0 amide bonds. The molecule has 7 heteroatoms. The summed E-state index contributed by atoms with van der Waals surface area (Å²) < 4.78 is 27.7. The second kappa shape index (κ2) is 8.17. The Labute approximate surface area is 222 Å². The maximum Gasteiger partial charge on any atom is 0.197 e. The summed E-state index contributed by atoms with van der Waals surface area (Å²) in [5.74, 6) is -0.162. The van der Waals surface area contributed by atoms with Gasteiger partial charge in [-0.2, -0.15) is 0 Å². The molecule has 4 fully saturated rings. The molecule has 1 aliphatic heterocycles. The number of rotatable bonds is 3. The van der Waals surface area contributed by atoms with Crippen molar-refractivity contribution in [2.75, 3.05) is 0 Å². The van der Waals surface area contributed by atoms with Crippen molar-refractivity contribution in [1.29, 1.82) is 0 Å². The first-order valence-electron chi connectivity index (χ1n) is 13.5. The van der Waals surface area contributed by atoms with Crippen LogP contribution in [-0.4, -0.2) is 34.5 Å². The van der Waals surface area contributed by atoms with Crippen LogP contribution in [0.3, 0.4) is 0 Å². The molecule has 1 saturated heterocycles. The minimum atomic E-state index is -1.24. The minimum Gasteiger partial charge on any atom is -0.393 e. The van der Waals surface area contributed by atoms with Gasteiger partial charge in [0, 0.05) is 23.2 Å². The lowest BCUT2D eigenvalue weighted by atomic mass is 9.46. The number of aliphatic hydroxyl groups is 1. The van der Waals surface area contributed by atoms with Crippen LogP contribution >= 0.6 is 11.3 Å². The van der Waals surface area contributed by atoms with Crippen LogP contribution in [0.25, 0.3) is 0 Å². The Morgan fingerprint density at radius 1 is 1.30 bits per heavy atom. The number of hydrogen-bond acceptors (Lipinski definition) is 6. The molecule has 1 aromatic heterocycles. The predicted octanol–water partition coefficient (Wildman–Crippen LogP) is 5.93. The molecule has 9 atom stereocenters. The highest BCUT2D eigenvalue weighted by Crippen LogP contribution is 2.71. The van der Waals surface area contributed by atoms with E-state index >= 15 is 0 Å². The summed E-state index contributed by atoms with van der Waals surface area (Å²) in [7, 11) is 0. The van der Waals surface area contributed by atoms with Gasteiger partial charge in [-0.1, -0.05) is 46.3 Å². The molecule has 5 aliphatic rings. The molecule has 0 aromatic carbocycles. The molecule has 4 aliphatic carbocycles. The van der Waals surface area contributed by atoms with E-state index in [1.54, 1.807) is 17.5 Å². The van der Waals surface area contributed by atoms with Gasteiger partial charge in [0.25, 0.3) is 0 Å². The van der Waals surface area contributed by atoms with E-state index in [0.29, 0.717) is 24.1 Å². The number of fused-ring (bicyclic) bond motifs is 7. The number of hydrogen-bond donors (Lipinski definition) is 1. The molecule has 0 radical (unpaired) electrons. The number of ether oxygens (including phenoxy) is 2. The summed E-state index contributed by atoms with van der Waals surface area (Å²) in [5, 5.41) is 13.5. The Bertz CT molecular complexity index is 1210. The van der Waals surface area contributed by atoms with Crippen LogP contribution in [0.5, 0.6) is 0 Å². The third kappa shape index (κ3) is 3.49. The van der Waals surface area contributed by atoms with Crippen molar-refractivity contribution in [3.63, 3.8) is 0 Å². The number of Topliss-reactive ketones (excluding diaryl/α,β-unsaturated/α-hetero) is 1. The number of halogens is 1. The molecule has 2 heterocycles. The lowest BCUT2D eigenvalue weighted by Gasteiger charge is -2.59. The quantitative estimate of drug-likeness (QED) is 0.526. The molecule has 1 N–H and O–H groups in total. The fraction of sp³-hybridized carbons (Fsp3) is 0.667. The maximum absolute atomic E-state index is 14.6. The third-order valence-corrected chi connectivity index (χ3v) is 11.1. The van der Waals surface area contributed by atoms with E-state index in [1.165, 1.54) is 17.4 Å². The van der Waals surface area contributed by atoms with Crippen molar-refractivity contribution >= 4 is 22.9 Å². The van der Waals surface area contributed by atoms with Gasteiger partial charge in [0.05, 0.1) is 17.1 Å². The summed E-state index contributed by atoms with van der Waals surface area (Å²) in [6.07, 6.45) is 6.29. The van der Waals surface area contributed by atoms with Crippen LogP contribution in [0, 0.1) is 39.8 Å². The standard InChI is InChI=1S/C30H37FO5S/c1-27(2,3)15-22(34)30-23(35-26(36-30)25-20(31)9-11-37-25)13-19-18-7-6-16-12-17(32)8-10-28(16,4)24(18)21(33)14-29(19,30)5/h8-12,18-19,21,23-24,26,33H,6-7,13-15H2,1-5H3/t18-,19-,21-,23+,24+,26+,28-,29-,30+/m0/s1. The molecule has 0 unspecified atom stereocenters. The third-order valence-electron chi connectivity index (χ3n) is 10.2. The Hall–Kier alpha value is -1.67. The Balaban J connectivity index is 1.42.